The molecular weight excluding hydrogens is 494 g/mol. The number of fused-ring (bicyclic) bond motifs is 1. The van der Waals surface area contributed by atoms with Gasteiger partial charge in [0.2, 0.25) is 11.8 Å². The van der Waals surface area contributed by atoms with Crippen molar-refractivity contribution in [1.82, 2.24) is 9.80 Å². The van der Waals surface area contributed by atoms with Gasteiger partial charge in [0.05, 0.1) is 17.4 Å². The number of hydrogen-bond acceptors (Lipinski definition) is 5. The van der Waals surface area contributed by atoms with Gasteiger partial charge >= 0.3 is 0 Å². The molecule has 1 aromatic carbocycles. The summed E-state index contributed by atoms with van der Waals surface area (Å²) in [5.41, 5.74) is -1.32. The van der Waals surface area contributed by atoms with E-state index in [1.54, 1.807) is 58.2 Å². The third-order valence-electron chi connectivity index (χ3n) is 8.08. The minimum Gasteiger partial charge on any atom is -0.396 e. The first kappa shape index (κ1) is 27.4. The van der Waals surface area contributed by atoms with E-state index in [0.29, 0.717) is 49.5 Å². The van der Waals surface area contributed by atoms with Crippen molar-refractivity contribution in [3.63, 3.8) is 0 Å². The number of amides is 3. The molecule has 9 heteroatoms. The molecule has 5 atom stereocenters. The van der Waals surface area contributed by atoms with Crippen molar-refractivity contribution in [2.75, 3.05) is 38.2 Å². The Morgan fingerprint density at radius 1 is 1.16 bits per heavy atom. The van der Waals surface area contributed by atoms with Gasteiger partial charge in [0.15, 0.2) is 0 Å². The average Bonchev–Trinajstić information content (AvgIpc) is 3.43. The molecule has 3 fully saturated rings. The number of rotatable bonds is 11. The van der Waals surface area contributed by atoms with Crippen LogP contribution in [0.3, 0.4) is 0 Å². The van der Waals surface area contributed by atoms with Crippen molar-refractivity contribution in [3.8, 4) is 0 Å². The lowest BCUT2D eigenvalue weighted by Gasteiger charge is -2.37. The van der Waals surface area contributed by atoms with Crippen molar-refractivity contribution in [3.05, 3.63) is 54.6 Å². The fourth-order valence-corrected chi connectivity index (χ4v) is 6.58. The number of aliphatic hydroxyl groups excluding tert-OH is 1. The maximum atomic E-state index is 14.4. The lowest BCUT2D eigenvalue weighted by molar-refractivity contribution is -0.149. The molecule has 8 nitrogen and oxygen atoms in total. The predicted octanol–water partition coefficient (Wildman–Crippen LogP) is 3.04. The molecule has 1 N–H and O–H groups in total. The Morgan fingerprint density at radius 2 is 1.84 bits per heavy atom. The summed E-state index contributed by atoms with van der Waals surface area (Å²) in [7, 11) is 1.69. The summed E-state index contributed by atoms with van der Waals surface area (Å²) in [6.45, 7) is 10.3. The van der Waals surface area contributed by atoms with Gasteiger partial charge in [-0.15, -0.1) is 13.2 Å². The fraction of sp³-hybridized carbons (Fsp3) is 0.536. The smallest absolute Gasteiger partial charge is 0.253 e. The van der Waals surface area contributed by atoms with Gasteiger partial charge in [-0.25, -0.2) is 0 Å². The third kappa shape index (κ3) is 4.49. The standard InChI is InChI=1S/C28H36ClN3O5/c1-5-15-30(4)24(34)21-22-25(35)32(17-7-8-18-33)23(28(22)14-13-27(21,3)37-28)26(36)31(16-6-2)20-11-9-19(29)10-12-20/h5-6,9-12,21-23,33H,1-2,7-8,13-18H2,3-4H3/t21-,22+,23?,27+,28?/m1/s1. The van der Waals surface area contributed by atoms with E-state index >= 15 is 0 Å². The number of halogens is 1. The molecule has 3 saturated heterocycles. The molecule has 0 aliphatic carbocycles. The quantitative estimate of drug-likeness (QED) is 0.351. The Hall–Kier alpha value is -2.68. The molecular formula is C28H36ClN3O5. The fourth-order valence-electron chi connectivity index (χ4n) is 6.46. The van der Waals surface area contributed by atoms with E-state index in [9.17, 15) is 19.5 Å². The van der Waals surface area contributed by atoms with Gasteiger partial charge in [-0.1, -0.05) is 23.8 Å². The van der Waals surface area contributed by atoms with Crippen LogP contribution in [0.4, 0.5) is 5.69 Å². The zero-order chi connectivity index (χ0) is 27.0. The van der Waals surface area contributed by atoms with Crippen LogP contribution in [0.15, 0.2) is 49.6 Å². The van der Waals surface area contributed by atoms with E-state index in [-0.39, 0.29) is 30.9 Å². The number of likely N-dealkylation sites (N-methyl/N-ethyl adjacent to an activating group) is 1. The van der Waals surface area contributed by atoms with E-state index in [1.807, 2.05) is 6.92 Å². The van der Waals surface area contributed by atoms with Crippen LogP contribution in [-0.4, -0.2) is 83.2 Å². The monoisotopic (exact) mass is 529 g/mol. The highest BCUT2D eigenvalue weighted by molar-refractivity contribution is 6.30. The Morgan fingerprint density at radius 3 is 2.46 bits per heavy atom. The van der Waals surface area contributed by atoms with Crippen LogP contribution in [-0.2, 0) is 19.1 Å². The molecule has 3 aliphatic rings. The van der Waals surface area contributed by atoms with E-state index in [1.165, 1.54) is 0 Å². The van der Waals surface area contributed by atoms with Gasteiger partial charge < -0.3 is 24.5 Å². The van der Waals surface area contributed by atoms with Crippen LogP contribution in [0.1, 0.15) is 32.6 Å². The molecule has 200 valence electrons. The number of aliphatic hydroxyl groups is 1. The van der Waals surface area contributed by atoms with E-state index < -0.39 is 29.1 Å². The second-order valence-electron chi connectivity index (χ2n) is 10.4. The van der Waals surface area contributed by atoms with Crippen molar-refractivity contribution in [2.24, 2.45) is 11.8 Å². The molecule has 1 aromatic rings. The molecule has 0 saturated carbocycles. The lowest BCUT2D eigenvalue weighted by Crippen LogP contribution is -2.56. The van der Waals surface area contributed by atoms with E-state index in [2.05, 4.69) is 13.2 Å². The molecule has 0 aromatic heterocycles. The number of nitrogens with zero attached hydrogens (tertiary/aromatic N) is 3. The van der Waals surface area contributed by atoms with Gasteiger partial charge in [0.25, 0.3) is 5.91 Å². The molecule has 3 amide bonds. The number of carbonyl (C=O) groups is 3. The summed E-state index contributed by atoms with van der Waals surface area (Å²) in [4.78, 5) is 46.8. The maximum absolute atomic E-state index is 14.4. The largest absolute Gasteiger partial charge is 0.396 e. The molecule has 0 radical (unpaired) electrons. The molecule has 37 heavy (non-hydrogen) atoms. The van der Waals surface area contributed by atoms with Crippen molar-refractivity contribution >= 4 is 35.0 Å². The molecule has 3 aliphatic heterocycles. The van der Waals surface area contributed by atoms with E-state index in [0.717, 1.165) is 0 Å². The molecule has 3 heterocycles. The van der Waals surface area contributed by atoms with Gasteiger partial charge in [0, 0.05) is 44.0 Å². The first-order valence-corrected chi connectivity index (χ1v) is 13.2. The first-order chi connectivity index (χ1) is 17.6. The van der Waals surface area contributed by atoms with Gasteiger partial charge in [-0.2, -0.15) is 0 Å². The van der Waals surface area contributed by atoms with Crippen LogP contribution in [0.5, 0.6) is 0 Å². The summed E-state index contributed by atoms with van der Waals surface area (Å²) >= 11 is 6.09. The molecule has 4 rings (SSSR count). The Bertz CT molecular complexity index is 1080. The predicted molar refractivity (Wildman–Crippen MR) is 142 cm³/mol. The van der Waals surface area contributed by atoms with Crippen LogP contribution in [0, 0.1) is 11.8 Å². The molecule has 2 unspecified atom stereocenters. The van der Waals surface area contributed by atoms with Crippen molar-refractivity contribution in [2.45, 2.75) is 49.9 Å². The minimum absolute atomic E-state index is 0.00932. The number of carbonyl (C=O) groups excluding carboxylic acids is 3. The van der Waals surface area contributed by atoms with Gasteiger partial charge in [-0.05, 0) is 56.9 Å². The Kier molecular flexibility index (Phi) is 7.83. The Balaban J connectivity index is 1.78. The summed E-state index contributed by atoms with van der Waals surface area (Å²) in [5.74, 6) is -2.14. The second kappa shape index (κ2) is 10.6. The van der Waals surface area contributed by atoms with Crippen LogP contribution < -0.4 is 4.90 Å². The number of unbranched alkanes of at least 4 members (excludes halogenated alkanes) is 1. The summed E-state index contributed by atoms with van der Waals surface area (Å²) < 4.78 is 6.68. The molecule has 1 spiro atoms. The first-order valence-electron chi connectivity index (χ1n) is 12.8. The summed E-state index contributed by atoms with van der Waals surface area (Å²) in [5, 5.41) is 9.90. The zero-order valence-corrected chi connectivity index (χ0v) is 22.3. The zero-order valence-electron chi connectivity index (χ0n) is 21.6. The highest BCUT2D eigenvalue weighted by Crippen LogP contribution is 2.63. The minimum atomic E-state index is -1.11. The van der Waals surface area contributed by atoms with Crippen molar-refractivity contribution < 1.29 is 24.2 Å². The highest BCUT2D eigenvalue weighted by atomic mass is 35.5. The summed E-state index contributed by atoms with van der Waals surface area (Å²) in [6.07, 6.45) is 5.39. The highest BCUT2D eigenvalue weighted by Gasteiger charge is 2.78. The maximum Gasteiger partial charge on any atom is 0.253 e. The summed E-state index contributed by atoms with van der Waals surface area (Å²) in [6, 6.07) is 6.04. The molecule has 2 bridgehead atoms. The van der Waals surface area contributed by atoms with Crippen molar-refractivity contribution in [1.29, 1.82) is 0 Å². The van der Waals surface area contributed by atoms with Crippen LogP contribution in [0.2, 0.25) is 5.02 Å². The average molecular weight is 530 g/mol. The third-order valence-corrected chi connectivity index (χ3v) is 8.33. The normalized spacial score (nSPS) is 29.8. The lowest BCUT2D eigenvalue weighted by atomic mass is 9.66. The second-order valence-corrected chi connectivity index (χ2v) is 10.8. The number of likely N-dealkylation sites (tertiary alicyclic amines) is 1. The van der Waals surface area contributed by atoms with Gasteiger partial charge in [-0.3, -0.25) is 14.4 Å². The van der Waals surface area contributed by atoms with Crippen LogP contribution in [0.25, 0.3) is 0 Å². The van der Waals surface area contributed by atoms with Crippen LogP contribution >= 0.6 is 11.6 Å². The number of benzene rings is 1. The topological polar surface area (TPSA) is 90.4 Å². The number of ether oxygens (including phenoxy) is 1. The van der Waals surface area contributed by atoms with E-state index in [4.69, 9.17) is 16.3 Å². The van der Waals surface area contributed by atoms with Gasteiger partial charge in [0.1, 0.15) is 11.6 Å². The Labute approximate surface area is 223 Å². The number of hydrogen-bond donors (Lipinski definition) is 1. The SMILES string of the molecule is C=CCN(C)C(=O)[C@H]1[C@H]2C(=O)N(CCCCO)C(C(=O)N(CC=C)c3ccc(Cl)cc3)C23CC[C@]1(C)O3. The number of anilines is 1.